The van der Waals surface area contributed by atoms with E-state index in [1.807, 2.05) is 76.2 Å². The molecule has 268 valence electrons. The van der Waals surface area contributed by atoms with Crippen LogP contribution < -0.4 is 10.0 Å². The van der Waals surface area contributed by atoms with Gasteiger partial charge >= 0.3 is 6.09 Å². The van der Waals surface area contributed by atoms with Crippen LogP contribution in [0, 0.1) is 0 Å². The summed E-state index contributed by atoms with van der Waals surface area (Å²) in [5, 5.41) is 3.94. The molecule has 0 radical (unpaired) electrons. The lowest BCUT2D eigenvalue weighted by molar-refractivity contribution is 0.00798. The molecule has 9 nitrogen and oxygen atoms in total. The molecule has 3 aromatic rings. The van der Waals surface area contributed by atoms with Crippen LogP contribution in [0.15, 0.2) is 78.9 Å². The minimum atomic E-state index is -3.82. The van der Waals surface area contributed by atoms with Crippen molar-refractivity contribution in [2.45, 2.75) is 90.8 Å². The molecule has 49 heavy (non-hydrogen) atoms. The number of rotatable bonds is 14. The molecule has 2 amide bonds. The Kier molecular flexibility index (Phi) is 13.5. The quantitative estimate of drug-likeness (QED) is 0.160. The van der Waals surface area contributed by atoms with Crippen molar-refractivity contribution in [3.63, 3.8) is 0 Å². The van der Waals surface area contributed by atoms with Gasteiger partial charge in [0.2, 0.25) is 10.0 Å². The molecule has 0 spiro atoms. The molecular formula is C37H52ClN3O6SSi. The van der Waals surface area contributed by atoms with Crippen LogP contribution in [-0.4, -0.2) is 64.1 Å². The fraction of sp³-hybridized carbons (Fsp3) is 0.459. The molecule has 0 aliphatic heterocycles. The van der Waals surface area contributed by atoms with Crippen molar-refractivity contribution < 1.29 is 27.2 Å². The predicted molar refractivity (Wildman–Crippen MR) is 201 cm³/mol. The lowest BCUT2D eigenvalue weighted by atomic mass is 10.1. The van der Waals surface area contributed by atoms with E-state index in [-0.39, 0.29) is 35.4 Å². The molecule has 0 aliphatic rings. The highest BCUT2D eigenvalue weighted by atomic mass is 35.5. The average Bonchev–Trinajstić information content (AvgIpc) is 3.00. The molecule has 0 saturated heterocycles. The summed E-state index contributed by atoms with van der Waals surface area (Å²) in [6.07, 6.45) is -0.634. The Morgan fingerprint density at radius 2 is 1.55 bits per heavy atom. The molecule has 0 unspecified atom stereocenters. The van der Waals surface area contributed by atoms with Gasteiger partial charge in [-0.1, -0.05) is 74.8 Å². The SMILES string of the molecule is C[C@H](CNc1ccc(CCS(=O)(=O)NC(=O)c2ccccc2)cc1)N(C[C@H](O[Si](C)(C)C(C)(C)C)c1cccc(Cl)c1)C(=O)OC(C)(C)C. The number of ether oxygens (including phenoxy) is 1. The van der Waals surface area contributed by atoms with E-state index in [9.17, 15) is 18.0 Å². The van der Waals surface area contributed by atoms with E-state index >= 15 is 0 Å². The molecule has 2 atom stereocenters. The lowest BCUT2D eigenvalue weighted by Crippen LogP contribution is -2.49. The van der Waals surface area contributed by atoms with Crippen LogP contribution in [0.25, 0.3) is 0 Å². The summed E-state index contributed by atoms with van der Waals surface area (Å²) in [6, 6.07) is 22.9. The minimum absolute atomic E-state index is 0.0554. The number of carbonyl (C=O) groups is 2. The highest BCUT2D eigenvalue weighted by Crippen LogP contribution is 2.40. The Morgan fingerprint density at radius 3 is 2.12 bits per heavy atom. The Morgan fingerprint density at radius 1 is 0.918 bits per heavy atom. The zero-order valence-corrected chi connectivity index (χ0v) is 32.7. The van der Waals surface area contributed by atoms with Crippen LogP contribution in [0.5, 0.6) is 0 Å². The third-order valence-electron chi connectivity index (χ3n) is 8.49. The molecule has 2 N–H and O–H groups in total. The van der Waals surface area contributed by atoms with Crippen LogP contribution in [-0.2, 0) is 25.6 Å². The Labute approximate surface area is 298 Å². The number of hydrogen-bond acceptors (Lipinski definition) is 7. The van der Waals surface area contributed by atoms with Crippen molar-refractivity contribution in [2.24, 2.45) is 0 Å². The zero-order valence-electron chi connectivity index (χ0n) is 30.2. The number of benzene rings is 3. The van der Waals surface area contributed by atoms with Gasteiger partial charge in [-0.3, -0.25) is 4.79 Å². The maximum Gasteiger partial charge on any atom is 0.410 e. The largest absolute Gasteiger partial charge is 0.444 e. The first-order chi connectivity index (χ1) is 22.7. The Hall–Kier alpha value is -3.38. The van der Waals surface area contributed by atoms with E-state index in [1.165, 1.54) is 0 Å². The first-order valence-electron chi connectivity index (χ1n) is 16.5. The van der Waals surface area contributed by atoms with Gasteiger partial charge in [-0.05, 0) is 99.8 Å². The van der Waals surface area contributed by atoms with Crippen molar-refractivity contribution in [3.05, 3.63) is 101 Å². The van der Waals surface area contributed by atoms with Crippen molar-refractivity contribution >= 4 is 47.6 Å². The normalized spacial score (nSPS) is 13.7. The Balaban J connectivity index is 1.72. The van der Waals surface area contributed by atoms with Gasteiger partial charge in [-0.25, -0.2) is 17.9 Å². The fourth-order valence-corrected chi connectivity index (χ4v) is 7.12. The van der Waals surface area contributed by atoms with Crippen LogP contribution in [0.1, 0.15) is 76.1 Å². The summed E-state index contributed by atoms with van der Waals surface area (Å²) in [6.45, 7) is 19.1. The van der Waals surface area contributed by atoms with Gasteiger partial charge in [0.25, 0.3) is 5.91 Å². The van der Waals surface area contributed by atoms with Crippen LogP contribution in [0.2, 0.25) is 23.2 Å². The number of amides is 2. The zero-order chi connectivity index (χ0) is 36.6. The molecule has 0 bridgehead atoms. The van der Waals surface area contributed by atoms with Crippen LogP contribution in [0.4, 0.5) is 10.5 Å². The molecule has 0 saturated carbocycles. The second kappa shape index (κ2) is 16.5. The van der Waals surface area contributed by atoms with Gasteiger partial charge in [0, 0.05) is 28.9 Å². The summed E-state index contributed by atoms with van der Waals surface area (Å²) >= 11 is 6.41. The molecule has 0 heterocycles. The van der Waals surface area contributed by atoms with Crippen LogP contribution in [0.3, 0.4) is 0 Å². The molecule has 3 aromatic carbocycles. The molecule has 3 rings (SSSR count). The molecule has 0 fully saturated rings. The highest BCUT2D eigenvalue weighted by Gasteiger charge is 2.41. The van der Waals surface area contributed by atoms with Gasteiger partial charge in [0.1, 0.15) is 5.60 Å². The van der Waals surface area contributed by atoms with E-state index < -0.39 is 42.0 Å². The first kappa shape index (κ1) is 40.0. The number of aryl methyl sites for hydroxylation is 1. The van der Waals surface area contributed by atoms with Gasteiger partial charge in [-0.2, -0.15) is 0 Å². The third kappa shape index (κ3) is 12.8. The summed E-state index contributed by atoms with van der Waals surface area (Å²) < 4.78 is 40.0. The number of nitrogens with one attached hydrogen (secondary N) is 2. The van der Waals surface area contributed by atoms with Crippen molar-refractivity contribution in [1.29, 1.82) is 0 Å². The van der Waals surface area contributed by atoms with E-state index in [2.05, 4.69) is 43.9 Å². The van der Waals surface area contributed by atoms with Crippen molar-refractivity contribution in [2.75, 3.05) is 24.2 Å². The van der Waals surface area contributed by atoms with Gasteiger partial charge < -0.3 is 19.4 Å². The number of hydrogen-bond donors (Lipinski definition) is 2. The van der Waals surface area contributed by atoms with Crippen LogP contribution >= 0.6 is 11.6 Å². The molecule has 0 aromatic heterocycles. The maximum atomic E-state index is 13.7. The fourth-order valence-electron chi connectivity index (χ4n) is 4.64. The average molecular weight is 730 g/mol. The molecule has 0 aliphatic carbocycles. The molecular weight excluding hydrogens is 678 g/mol. The minimum Gasteiger partial charge on any atom is -0.444 e. The van der Waals surface area contributed by atoms with E-state index in [0.717, 1.165) is 16.8 Å². The summed E-state index contributed by atoms with van der Waals surface area (Å²) in [7, 11) is -6.09. The second-order valence-electron chi connectivity index (χ2n) is 14.8. The van der Waals surface area contributed by atoms with E-state index in [1.54, 1.807) is 35.2 Å². The third-order valence-corrected chi connectivity index (χ3v) is 14.4. The van der Waals surface area contributed by atoms with E-state index in [4.69, 9.17) is 20.8 Å². The van der Waals surface area contributed by atoms with Crippen molar-refractivity contribution in [1.82, 2.24) is 9.62 Å². The monoisotopic (exact) mass is 729 g/mol. The lowest BCUT2D eigenvalue weighted by Gasteiger charge is -2.41. The van der Waals surface area contributed by atoms with E-state index in [0.29, 0.717) is 11.6 Å². The second-order valence-corrected chi connectivity index (χ2v) is 21.9. The number of nitrogens with zero attached hydrogens (tertiary/aromatic N) is 1. The number of anilines is 1. The topological polar surface area (TPSA) is 114 Å². The van der Waals surface area contributed by atoms with Gasteiger partial charge in [-0.15, -0.1) is 0 Å². The predicted octanol–water partition coefficient (Wildman–Crippen LogP) is 8.44. The van der Waals surface area contributed by atoms with Crippen molar-refractivity contribution in [3.8, 4) is 0 Å². The summed E-state index contributed by atoms with van der Waals surface area (Å²) in [4.78, 5) is 27.7. The van der Waals surface area contributed by atoms with Gasteiger partial charge in [0.05, 0.1) is 18.4 Å². The first-order valence-corrected chi connectivity index (χ1v) is 21.5. The number of sulfonamides is 1. The standard InChI is InChI=1S/C37H52ClN3O6SSi/c1-27(25-39-32-20-18-28(19-21-32)22-23-48(44,45)40-34(42)29-14-11-10-12-15-29)41(35(43)46-36(2,3)4)26-33(30-16-13-17-31(38)24-30)47-49(8,9)37(5,6)7/h10-21,24,27,33,39H,22-23,25-26H2,1-9H3,(H,40,42)/t27-,33+/m1/s1. The summed E-state index contributed by atoms with van der Waals surface area (Å²) in [5.41, 5.74) is 2.09. The Bertz CT molecular complexity index is 1660. The number of halogens is 1. The highest BCUT2D eigenvalue weighted by molar-refractivity contribution is 7.90. The maximum absolute atomic E-state index is 13.7. The van der Waals surface area contributed by atoms with Gasteiger partial charge in [0.15, 0.2) is 8.32 Å². The molecule has 12 heteroatoms. The smallest absolute Gasteiger partial charge is 0.410 e. The number of carbonyl (C=O) groups excluding carboxylic acids is 2. The summed E-state index contributed by atoms with van der Waals surface area (Å²) in [5.74, 6) is -0.884.